The van der Waals surface area contributed by atoms with E-state index in [-0.39, 0.29) is 25.4 Å². The van der Waals surface area contributed by atoms with Gasteiger partial charge in [-0.25, -0.2) is 4.79 Å². The molecular formula is C14H21NO4. The van der Waals surface area contributed by atoms with E-state index in [1.165, 1.54) is 0 Å². The third-order valence-corrected chi connectivity index (χ3v) is 2.41. The number of para-hydroxylation sites is 1. The lowest BCUT2D eigenvalue weighted by molar-refractivity contribution is 0.116. The van der Waals surface area contributed by atoms with E-state index in [2.05, 4.69) is 5.32 Å². The van der Waals surface area contributed by atoms with E-state index in [1.807, 2.05) is 45.0 Å². The number of nitrogens with one attached hydrogen (secondary N) is 1. The zero-order chi connectivity index (χ0) is 14.3. The molecule has 5 nitrogen and oxygen atoms in total. The van der Waals surface area contributed by atoms with Gasteiger partial charge in [-0.3, -0.25) is 0 Å². The van der Waals surface area contributed by atoms with Crippen LogP contribution in [0, 0.1) is 0 Å². The fraction of sp³-hybridized carbons (Fsp3) is 0.500. The molecule has 0 aliphatic heterocycles. The van der Waals surface area contributed by atoms with E-state index in [9.17, 15) is 4.79 Å². The zero-order valence-electron chi connectivity index (χ0n) is 11.6. The predicted octanol–water partition coefficient (Wildman–Crippen LogP) is 2.25. The van der Waals surface area contributed by atoms with Gasteiger partial charge in [0.15, 0.2) is 0 Å². The monoisotopic (exact) mass is 267 g/mol. The number of hydrogen-bond acceptors (Lipinski definition) is 4. The molecule has 0 bridgehead atoms. The van der Waals surface area contributed by atoms with Gasteiger partial charge >= 0.3 is 6.09 Å². The van der Waals surface area contributed by atoms with Crippen LogP contribution in [0.15, 0.2) is 24.3 Å². The number of hydrogen-bond donors (Lipinski definition) is 2. The van der Waals surface area contributed by atoms with Crippen LogP contribution in [0.2, 0.25) is 0 Å². The van der Waals surface area contributed by atoms with Gasteiger partial charge in [0.05, 0.1) is 18.8 Å². The topological polar surface area (TPSA) is 67.8 Å². The van der Waals surface area contributed by atoms with Crippen molar-refractivity contribution in [2.45, 2.75) is 32.9 Å². The second-order valence-electron chi connectivity index (χ2n) is 4.43. The molecule has 0 saturated carbocycles. The number of aliphatic hydroxyl groups excluding tert-OH is 1. The minimum atomic E-state index is -0.555. The van der Waals surface area contributed by atoms with Gasteiger partial charge in [-0.2, -0.15) is 0 Å². The lowest BCUT2D eigenvalue weighted by atomic mass is 10.1. The highest BCUT2D eigenvalue weighted by atomic mass is 16.6. The van der Waals surface area contributed by atoms with Crippen LogP contribution in [-0.4, -0.2) is 30.5 Å². The first-order valence-corrected chi connectivity index (χ1v) is 6.34. The lowest BCUT2D eigenvalue weighted by Gasteiger charge is -2.19. The Labute approximate surface area is 113 Å². The van der Waals surface area contributed by atoms with Gasteiger partial charge in [-0.15, -0.1) is 0 Å². The van der Waals surface area contributed by atoms with E-state index in [4.69, 9.17) is 14.6 Å². The summed E-state index contributed by atoms with van der Waals surface area (Å²) in [5.74, 6) is 0.743. The molecule has 106 valence electrons. The van der Waals surface area contributed by atoms with Crippen molar-refractivity contribution in [2.24, 2.45) is 0 Å². The average molecular weight is 267 g/mol. The zero-order valence-corrected chi connectivity index (χ0v) is 11.6. The van der Waals surface area contributed by atoms with Gasteiger partial charge in [0.2, 0.25) is 0 Å². The second kappa shape index (κ2) is 7.63. The van der Waals surface area contributed by atoms with Crippen molar-refractivity contribution in [2.75, 3.05) is 13.2 Å². The molecule has 5 heteroatoms. The molecule has 0 spiro atoms. The second-order valence-corrected chi connectivity index (χ2v) is 4.43. The molecule has 0 fully saturated rings. The molecule has 1 unspecified atom stereocenters. The summed E-state index contributed by atoms with van der Waals surface area (Å²) in [5, 5.41) is 11.3. The Morgan fingerprint density at radius 3 is 2.63 bits per heavy atom. The number of aliphatic hydroxyl groups is 1. The summed E-state index contributed by atoms with van der Waals surface area (Å²) in [7, 11) is 0. The van der Waals surface area contributed by atoms with E-state index in [0.29, 0.717) is 0 Å². The maximum Gasteiger partial charge on any atom is 0.407 e. The van der Waals surface area contributed by atoms with Crippen molar-refractivity contribution >= 4 is 6.09 Å². The summed E-state index contributed by atoms with van der Waals surface area (Å²) < 4.78 is 10.5. The lowest BCUT2D eigenvalue weighted by Crippen LogP contribution is -2.28. The van der Waals surface area contributed by atoms with Crippen LogP contribution in [0.1, 0.15) is 32.4 Å². The molecule has 2 N–H and O–H groups in total. The highest BCUT2D eigenvalue weighted by Crippen LogP contribution is 2.25. The Morgan fingerprint density at radius 2 is 2.00 bits per heavy atom. The Balaban J connectivity index is 2.70. The van der Waals surface area contributed by atoms with Crippen LogP contribution in [0.5, 0.6) is 5.75 Å². The SMILES string of the molecule is CC(C)Oc1ccccc1C(C)NC(=O)OCCO. The van der Waals surface area contributed by atoms with Gasteiger partial charge < -0.3 is 19.9 Å². The van der Waals surface area contributed by atoms with Crippen LogP contribution in [-0.2, 0) is 4.74 Å². The summed E-state index contributed by atoms with van der Waals surface area (Å²) in [5.41, 5.74) is 0.886. The molecule has 0 aromatic heterocycles. The normalized spacial score (nSPS) is 12.1. The molecule has 1 atom stereocenters. The van der Waals surface area contributed by atoms with Crippen LogP contribution in [0.25, 0.3) is 0 Å². The average Bonchev–Trinajstić information content (AvgIpc) is 2.36. The van der Waals surface area contributed by atoms with E-state index in [1.54, 1.807) is 0 Å². The largest absolute Gasteiger partial charge is 0.491 e. The van der Waals surface area contributed by atoms with Crippen LogP contribution >= 0.6 is 0 Å². The van der Waals surface area contributed by atoms with Crippen molar-refractivity contribution in [3.63, 3.8) is 0 Å². The third-order valence-electron chi connectivity index (χ3n) is 2.41. The summed E-state index contributed by atoms with van der Waals surface area (Å²) in [6, 6.07) is 7.31. The van der Waals surface area contributed by atoms with Gasteiger partial charge in [-0.05, 0) is 26.8 Å². The van der Waals surface area contributed by atoms with Crippen LogP contribution in [0.3, 0.4) is 0 Å². The molecule has 1 aromatic rings. The predicted molar refractivity (Wildman–Crippen MR) is 72.2 cm³/mol. The molecule has 1 rings (SSSR count). The Bertz CT molecular complexity index is 406. The van der Waals surface area contributed by atoms with Gasteiger partial charge in [0.25, 0.3) is 0 Å². The molecule has 19 heavy (non-hydrogen) atoms. The molecule has 0 aliphatic carbocycles. The first-order valence-electron chi connectivity index (χ1n) is 6.34. The maximum atomic E-state index is 11.4. The third kappa shape index (κ3) is 5.18. The van der Waals surface area contributed by atoms with Gasteiger partial charge in [0, 0.05) is 5.56 Å². The first kappa shape index (κ1) is 15.3. The minimum absolute atomic E-state index is 0.0112. The van der Waals surface area contributed by atoms with Gasteiger partial charge in [-0.1, -0.05) is 18.2 Å². The van der Waals surface area contributed by atoms with E-state index >= 15 is 0 Å². The maximum absolute atomic E-state index is 11.4. The van der Waals surface area contributed by atoms with Crippen molar-refractivity contribution < 1.29 is 19.4 Å². The quantitative estimate of drug-likeness (QED) is 0.829. The molecule has 1 amide bonds. The smallest absolute Gasteiger partial charge is 0.407 e. The number of alkyl carbamates (subject to hydrolysis) is 1. The number of amides is 1. The summed E-state index contributed by atoms with van der Waals surface area (Å²) in [4.78, 5) is 11.4. The highest BCUT2D eigenvalue weighted by Gasteiger charge is 2.15. The molecule has 0 heterocycles. The Hall–Kier alpha value is -1.75. The van der Waals surface area contributed by atoms with E-state index < -0.39 is 6.09 Å². The molecule has 0 aliphatic rings. The minimum Gasteiger partial charge on any atom is -0.491 e. The van der Waals surface area contributed by atoms with Crippen LogP contribution < -0.4 is 10.1 Å². The molecule has 1 aromatic carbocycles. The number of rotatable bonds is 6. The Morgan fingerprint density at radius 1 is 1.32 bits per heavy atom. The summed E-state index contributed by atoms with van der Waals surface area (Å²) in [6.07, 6.45) is -0.490. The summed E-state index contributed by atoms with van der Waals surface area (Å²) in [6.45, 7) is 5.55. The number of carbonyl (C=O) groups excluding carboxylic acids is 1. The molecule has 0 radical (unpaired) electrons. The number of benzene rings is 1. The van der Waals surface area contributed by atoms with Crippen molar-refractivity contribution in [3.8, 4) is 5.75 Å². The van der Waals surface area contributed by atoms with Gasteiger partial charge in [0.1, 0.15) is 12.4 Å². The number of ether oxygens (including phenoxy) is 2. The molecular weight excluding hydrogens is 246 g/mol. The van der Waals surface area contributed by atoms with E-state index in [0.717, 1.165) is 11.3 Å². The standard InChI is InChI=1S/C14H21NO4/c1-10(2)19-13-7-5-4-6-12(13)11(3)15-14(17)18-9-8-16/h4-7,10-11,16H,8-9H2,1-3H3,(H,15,17). The van der Waals surface area contributed by atoms with Crippen molar-refractivity contribution in [3.05, 3.63) is 29.8 Å². The first-order chi connectivity index (χ1) is 9.04. The summed E-state index contributed by atoms with van der Waals surface area (Å²) >= 11 is 0. The highest BCUT2D eigenvalue weighted by molar-refractivity contribution is 5.68. The fourth-order valence-corrected chi connectivity index (χ4v) is 1.63. The fourth-order valence-electron chi connectivity index (χ4n) is 1.63. The number of carbonyl (C=O) groups is 1. The van der Waals surface area contributed by atoms with Crippen molar-refractivity contribution in [1.29, 1.82) is 0 Å². The molecule has 0 saturated heterocycles. The Kier molecular flexibility index (Phi) is 6.15. The van der Waals surface area contributed by atoms with Crippen molar-refractivity contribution in [1.82, 2.24) is 5.32 Å². The van der Waals surface area contributed by atoms with Crippen LogP contribution in [0.4, 0.5) is 4.79 Å².